The van der Waals surface area contributed by atoms with Crippen LogP contribution in [-0.2, 0) is 19.7 Å². The lowest BCUT2D eigenvalue weighted by Crippen LogP contribution is -2.40. The average Bonchev–Trinajstić information content (AvgIpc) is 3.06. The van der Waals surface area contributed by atoms with Crippen molar-refractivity contribution in [3.05, 3.63) is 41.0 Å². The number of rotatable bonds is 8. The molecule has 1 N–H and O–H groups in total. The van der Waals surface area contributed by atoms with Crippen molar-refractivity contribution < 1.29 is 14.3 Å². The van der Waals surface area contributed by atoms with E-state index in [0.717, 1.165) is 12.1 Å². The highest BCUT2D eigenvalue weighted by Crippen LogP contribution is 2.29. The van der Waals surface area contributed by atoms with E-state index in [1.165, 1.54) is 12.0 Å². The molecule has 2 amide bonds. The van der Waals surface area contributed by atoms with Crippen LogP contribution in [0.5, 0.6) is 0 Å². The Morgan fingerprint density at radius 3 is 2.55 bits per heavy atom. The Morgan fingerprint density at radius 1 is 1.28 bits per heavy atom. The first kappa shape index (κ1) is 22.9. The largest absolute Gasteiger partial charge is 0.375 e. The number of hydrogen-bond acceptors (Lipinski definition) is 4. The molecule has 29 heavy (non-hydrogen) atoms. The van der Waals surface area contributed by atoms with E-state index in [0.29, 0.717) is 23.1 Å². The molecule has 158 valence electrons. The topological polar surface area (TPSA) is 76.5 Å². The summed E-state index contributed by atoms with van der Waals surface area (Å²) in [6, 6.07) is 9.14. The van der Waals surface area contributed by atoms with Crippen LogP contribution in [0.3, 0.4) is 0 Å². The van der Waals surface area contributed by atoms with Gasteiger partial charge < -0.3 is 15.0 Å². The maximum Gasteiger partial charge on any atom is 0.249 e. The first-order valence-electron chi connectivity index (χ1n) is 9.59. The molecule has 1 aromatic heterocycles. The van der Waals surface area contributed by atoms with Crippen LogP contribution < -0.4 is 5.32 Å². The molecule has 1 heterocycles. The fourth-order valence-corrected chi connectivity index (χ4v) is 2.99. The van der Waals surface area contributed by atoms with Gasteiger partial charge in [-0.25, -0.2) is 4.68 Å². The fraction of sp³-hybridized carbons (Fsp3) is 0.476. The molecule has 0 bridgehead atoms. The molecular weight excluding hydrogens is 392 g/mol. The molecule has 0 unspecified atom stereocenters. The fourth-order valence-electron chi connectivity index (χ4n) is 2.78. The summed E-state index contributed by atoms with van der Waals surface area (Å²) in [6.07, 6.45) is 0.745. The summed E-state index contributed by atoms with van der Waals surface area (Å²) in [5, 5.41) is 8.07. The summed E-state index contributed by atoms with van der Waals surface area (Å²) in [7, 11) is 1.46. The van der Waals surface area contributed by atoms with Gasteiger partial charge in [0.25, 0.3) is 0 Å². The zero-order chi connectivity index (χ0) is 21.6. The molecule has 0 saturated carbocycles. The highest BCUT2D eigenvalue weighted by molar-refractivity contribution is 6.32. The lowest BCUT2D eigenvalue weighted by molar-refractivity contribution is -0.138. The van der Waals surface area contributed by atoms with Gasteiger partial charge in [0.1, 0.15) is 12.4 Å². The van der Waals surface area contributed by atoms with Gasteiger partial charge in [0.15, 0.2) is 0 Å². The number of carbonyl (C=O) groups is 2. The highest BCUT2D eigenvalue weighted by Gasteiger charge is 2.23. The predicted octanol–water partition coefficient (Wildman–Crippen LogP) is 3.65. The molecule has 1 aromatic carbocycles. The van der Waals surface area contributed by atoms with E-state index in [-0.39, 0.29) is 30.4 Å². The molecule has 0 aliphatic rings. The third-order valence-electron chi connectivity index (χ3n) is 4.27. The van der Waals surface area contributed by atoms with Gasteiger partial charge in [0.05, 0.1) is 22.9 Å². The molecule has 0 spiro atoms. The number of anilines is 1. The smallest absolute Gasteiger partial charge is 0.249 e. The minimum atomic E-state index is -0.309. The first-order valence-corrected chi connectivity index (χ1v) is 9.97. The van der Waals surface area contributed by atoms with Gasteiger partial charge in [0, 0.05) is 25.1 Å². The van der Waals surface area contributed by atoms with Gasteiger partial charge in [-0.3, -0.25) is 9.59 Å². The molecule has 0 atom stereocenters. The molecule has 0 aliphatic carbocycles. The van der Waals surface area contributed by atoms with E-state index in [2.05, 4.69) is 10.4 Å². The predicted molar refractivity (Wildman–Crippen MR) is 115 cm³/mol. The van der Waals surface area contributed by atoms with Gasteiger partial charge in [-0.15, -0.1) is 0 Å². The summed E-state index contributed by atoms with van der Waals surface area (Å²) in [4.78, 5) is 26.4. The number of halogens is 1. The van der Waals surface area contributed by atoms with Crippen molar-refractivity contribution in [1.82, 2.24) is 14.7 Å². The van der Waals surface area contributed by atoms with E-state index in [9.17, 15) is 9.59 Å². The maximum atomic E-state index is 12.7. The monoisotopic (exact) mass is 420 g/mol. The quantitative estimate of drug-likeness (QED) is 0.707. The van der Waals surface area contributed by atoms with Gasteiger partial charge in [-0.2, -0.15) is 5.10 Å². The standard InChI is InChI=1S/C21H29ClN4O3/c1-6-11-25(20(28)14-29-5)13-19(27)23-18-12-17(21(2,3)4)24-26(18)16-10-8-7-9-15(16)22/h7-10,12H,6,11,13-14H2,1-5H3,(H,23,27). The Labute approximate surface area is 177 Å². The normalized spacial score (nSPS) is 11.4. The minimum Gasteiger partial charge on any atom is -0.375 e. The van der Waals surface area contributed by atoms with Crippen LogP contribution in [0.1, 0.15) is 39.8 Å². The summed E-state index contributed by atoms with van der Waals surface area (Å²) in [5.41, 5.74) is 1.27. The van der Waals surface area contributed by atoms with E-state index in [1.807, 2.05) is 52.0 Å². The second kappa shape index (κ2) is 9.89. The van der Waals surface area contributed by atoms with E-state index >= 15 is 0 Å². The van der Waals surface area contributed by atoms with Gasteiger partial charge >= 0.3 is 0 Å². The molecule has 0 saturated heterocycles. The van der Waals surface area contributed by atoms with Crippen molar-refractivity contribution in [1.29, 1.82) is 0 Å². The second-order valence-electron chi connectivity index (χ2n) is 7.82. The lowest BCUT2D eigenvalue weighted by Gasteiger charge is -2.21. The summed E-state index contributed by atoms with van der Waals surface area (Å²) < 4.78 is 6.54. The number of amides is 2. The van der Waals surface area contributed by atoms with Crippen LogP contribution in [0, 0.1) is 0 Å². The molecule has 2 rings (SSSR count). The second-order valence-corrected chi connectivity index (χ2v) is 8.23. The number of ether oxygens (including phenoxy) is 1. The zero-order valence-electron chi connectivity index (χ0n) is 17.7. The number of aromatic nitrogens is 2. The number of carbonyl (C=O) groups excluding carboxylic acids is 2. The number of nitrogens with one attached hydrogen (secondary N) is 1. The SMILES string of the molecule is CCCN(CC(=O)Nc1cc(C(C)(C)C)nn1-c1ccccc1Cl)C(=O)COC. The summed E-state index contributed by atoms with van der Waals surface area (Å²) in [6.45, 7) is 8.45. The van der Waals surface area contributed by atoms with Crippen LogP contribution in [0.2, 0.25) is 5.02 Å². The van der Waals surface area contributed by atoms with E-state index < -0.39 is 0 Å². The molecule has 8 heteroatoms. The lowest BCUT2D eigenvalue weighted by atomic mass is 9.92. The minimum absolute atomic E-state index is 0.0565. The van der Waals surface area contributed by atoms with Crippen LogP contribution in [0.15, 0.2) is 30.3 Å². The third-order valence-corrected chi connectivity index (χ3v) is 4.59. The van der Waals surface area contributed by atoms with Gasteiger partial charge in [-0.1, -0.05) is 51.4 Å². The van der Waals surface area contributed by atoms with Crippen molar-refractivity contribution in [2.24, 2.45) is 0 Å². The van der Waals surface area contributed by atoms with Crippen molar-refractivity contribution in [2.75, 3.05) is 32.1 Å². The van der Waals surface area contributed by atoms with Crippen molar-refractivity contribution in [3.63, 3.8) is 0 Å². The van der Waals surface area contributed by atoms with Crippen molar-refractivity contribution in [3.8, 4) is 5.69 Å². The van der Waals surface area contributed by atoms with Gasteiger partial charge in [-0.05, 0) is 18.6 Å². The number of benzene rings is 1. The Hall–Kier alpha value is -2.38. The number of para-hydroxylation sites is 1. The zero-order valence-corrected chi connectivity index (χ0v) is 18.4. The summed E-state index contributed by atoms with van der Waals surface area (Å²) >= 11 is 6.35. The van der Waals surface area contributed by atoms with Crippen molar-refractivity contribution in [2.45, 2.75) is 39.5 Å². The average molecular weight is 421 g/mol. The number of nitrogens with zero attached hydrogens (tertiary/aromatic N) is 3. The van der Waals surface area contributed by atoms with Gasteiger partial charge in [0.2, 0.25) is 11.8 Å². The van der Waals surface area contributed by atoms with Crippen LogP contribution in [-0.4, -0.2) is 53.3 Å². The molecule has 7 nitrogen and oxygen atoms in total. The molecular formula is C21H29ClN4O3. The first-order chi connectivity index (χ1) is 13.7. The maximum absolute atomic E-state index is 12.7. The highest BCUT2D eigenvalue weighted by atomic mass is 35.5. The Morgan fingerprint density at radius 2 is 1.97 bits per heavy atom. The van der Waals surface area contributed by atoms with E-state index in [1.54, 1.807) is 10.7 Å². The van der Waals surface area contributed by atoms with Crippen LogP contribution >= 0.6 is 11.6 Å². The Kier molecular flexibility index (Phi) is 7.81. The number of hydrogen-bond donors (Lipinski definition) is 1. The number of methoxy groups -OCH3 is 1. The molecule has 2 aromatic rings. The van der Waals surface area contributed by atoms with Crippen molar-refractivity contribution >= 4 is 29.2 Å². The van der Waals surface area contributed by atoms with Crippen LogP contribution in [0.4, 0.5) is 5.82 Å². The molecule has 0 radical (unpaired) electrons. The molecule has 0 fully saturated rings. The van der Waals surface area contributed by atoms with E-state index in [4.69, 9.17) is 16.3 Å². The third kappa shape index (κ3) is 6.05. The van der Waals surface area contributed by atoms with Crippen LogP contribution in [0.25, 0.3) is 5.69 Å². The Balaban J connectivity index is 2.31. The Bertz CT molecular complexity index is 858. The molecule has 0 aliphatic heterocycles. The summed E-state index contributed by atoms with van der Waals surface area (Å²) in [5.74, 6) is -0.0280.